The van der Waals surface area contributed by atoms with Crippen LogP contribution in [0.1, 0.15) is 42.6 Å². The minimum Gasteiger partial charge on any atom is -0.339 e. The minimum absolute atomic E-state index is 0.0458. The van der Waals surface area contributed by atoms with Gasteiger partial charge in [-0.2, -0.15) is 4.98 Å². The van der Waals surface area contributed by atoms with Gasteiger partial charge < -0.3 is 14.7 Å². The molecular formula is C19H25N5O2. The molecular weight excluding hydrogens is 330 g/mol. The van der Waals surface area contributed by atoms with Gasteiger partial charge in [0.15, 0.2) is 5.82 Å². The van der Waals surface area contributed by atoms with Gasteiger partial charge in [0.25, 0.3) is 0 Å². The monoisotopic (exact) mass is 355 g/mol. The number of nitrogens with zero attached hydrogens (tertiary/aromatic N) is 4. The van der Waals surface area contributed by atoms with Gasteiger partial charge in [0, 0.05) is 38.3 Å². The second-order valence-corrected chi connectivity index (χ2v) is 7.08. The molecule has 7 heteroatoms. The molecule has 4 rings (SSSR count). The van der Waals surface area contributed by atoms with E-state index in [1.54, 1.807) is 0 Å². The molecule has 7 nitrogen and oxygen atoms in total. The number of piperazine rings is 1. The molecule has 0 bridgehead atoms. The van der Waals surface area contributed by atoms with Crippen molar-refractivity contribution < 1.29 is 9.32 Å². The van der Waals surface area contributed by atoms with Gasteiger partial charge in [0.05, 0.1) is 12.0 Å². The Morgan fingerprint density at radius 2 is 2.19 bits per heavy atom. The third-order valence-corrected chi connectivity index (χ3v) is 5.40. The van der Waals surface area contributed by atoms with Crippen molar-refractivity contribution in [1.29, 1.82) is 0 Å². The second kappa shape index (κ2) is 7.17. The molecule has 2 atom stereocenters. The summed E-state index contributed by atoms with van der Waals surface area (Å²) in [4.78, 5) is 21.3. The maximum Gasteiger partial charge on any atom is 0.232 e. The highest BCUT2D eigenvalue weighted by atomic mass is 16.5. The number of hydrogen-bond donors (Lipinski definition) is 1. The Kier molecular flexibility index (Phi) is 4.74. The number of aromatic nitrogens is 2. The van der Waals surface area contributed by atoms with E-state index in [9.17, 15) is 4.79 Å². The number of carbonyl (C=O) groups is 1. The van der Waals surface area contributed by atoms with Gasteiger partial charge in [-0.1, -0.05) is 30.3 Å². The van der Waals surface area contributed by atoms with Crippen molar-refractivity contribution in [3.05, 3.63) is 41.5 Å². The molecule has 2 unspecified atom stereocenters. The number of amides is 1. The zero-order valence-electron chi connectivity index (χ0n) is 15.3. The van der Waals surface area contributed by atoms with E-state index in [0.29, 0.717) is 24.7 Å². The predicted molar refractivity (Wildman–Crippen MR) is 98.1 cm³/mol. The van der Waals surface area contributed by atoms with Gasteiger partial charge >= 0.3 is 0 Å². The lowest BCUT2D eigenvalue weighted by Gasteiger charge is -2.30. The first kappa shape index (κ1) is 17.2. The van der Waals surface area contributed by atoms with Gasteiger partial charge in [-0.25, -0.2) is 0 Å². The molecule has 1 N–H and O–H groups in total. The highest BCUT2D eigenvalue weighted by molar-refractivity contribution is 5.97. The summed E-state index contributed by atoms with van der Waals surface area (Å²) in [6.07, 6.45) is 1.31. The molecule has 2 fully saturated rings. The molecule has 0 radical (unpaired) electrons. The average Bonchev–Trinajstić information content (AvgIpc) is 3.29. The van der Waals surface area contributed by atoms with E-state index in [2.05, 4.69) is 40.4 Å². The maximum atomic E-state index is 12.6. The first-order valence-corrected chi connectivity index (χ1v) is 9.30. The molecule has 26 heavy (non-hydrogen) atoms. The number of benzene rings is 1. The molecule has 0 saturated carbocycles. The Labute approximate surface area is 153 Å². The normalized spacial score (nSPS) is 24.4. The largest absolute Gasteiger partial charge is 0.339 e. The Hall–Kier alpha value is -2.25. The fourth-order valence-electron chi connectivity index (χ4n) is 3.82. The van der Waals surface area contributed by atoms with E-state index >= 15 is 0 Å². The molecule has 0 spiro atoms. The van der Waals surface area contributed by atoms with E-state index in [0.717, 1.165) is 31.7 Å². The van der Waals surface area contributed by atoms with Gasteiger partial charge in [-0.15, -0.1) is 0 Å². The third-order valence-electron chi connectivity index (χ3n) is 5.40. The first-order chi connectivity index (χ1) is 12.7. The van der Waals surface area contributed by atoms with Crippen molar-refractivity contribution in [2.75, 3.05) is 38.1 Å². The summed E-state index contributed by atoms with van der Waals surface area (Å²) in [5.41, 5.74) is 2.18. The molecule has 2 aromatic rings. The average molecular weight is 355 g/mol. The number of hydrogen-bond acceptors (Lipinski definition) is 6. The van der Waals surface area contributed by atoms with Gasteiger partial charge in [0.2, 0.25) is 11.8 Å². The van der Waals surface area contributed by atoms with Crippen LogP contribution in [0.15, 0.2) is 28.8 Å². The van der Waals surface area contributed by atoms with Crippen molar-refractivity contribution in [2.45, 2.75) is 31.7 Å². The minimum atomic E-state index is -0.0458. The SMILES string of the molecule is CCc1ccccc1N1CC(c2nc(C3CNCCN3C)no2)CC1=O. The quantitative estimate of drug-likeness (QED) is 0.900. The molecule has 3 heterocycles. The fraction of sp³-hybridized carbons (Fsp3) is 0.526. The van der Waals surface area contributed by atoms with Crippen LogP contribution >= 0.6 is 0 Å². The van der Waals surface area contributed by atoms with Gasteiger partial charge in [-0.3, -0.25) is 9.69 Å². The summed E-state index contributed by atoms with van der Waals surface area (Å²) in [7, 11) is 2.07. The summed E-state index contributed by atoms with van der Waals surface area (Å²) >= 11 is 0. The van der Waals surface area contributed by atoms with Crippen LogP contribution in [0.25, 0.3) is 0 Å². The summed E-state index contributed by atoms with van der Waals surface area (Å²) in [5.74, 6) is 1.35. The first-order valence-electron chi connectivity index (χ1n) is 9.30. The summed E-state index contributed by atoms with van der Waals surface area (Å²) in [6, 6.07) is 8.20. The van der Waals surface area contributed by atoms with Crippen LogP contribution < -0.4 is 10.2 Å². The number of nitrogens with one attached hydrogen (secondary N) is 1. The van der Waals surface area contributed by atoms with Crippen molar-refractivity contribution >= 4 is 11.6 Å². The van der Waals surface area contributed by atoms with Crippen LogP contribution in [-0.4, -0.2) is 54.2 Å². The van der Waals surface area contributed by atoms with E-state index in [-0.39, 0.29) is 17.9 Å². The number of likely N-dealkylation sites (N-methyl/N-ethyl adjacent to an activating group) is 1. The molecule has 2 saturated heterocycles. The topological polar surface area (TPSA) is 74.5 Å². The zero-order valence-corrected chi connectivity index (χ0v) is 15.3. The summed E-state index contributed by atoms with van der Waals surface area (Å²) < 4.78 is 5.54. The highest BCUT2D eigenvalue weighted by Crippen LogP contribution is 2.33. The van der Waals surface area contributed by atoms with Crippen LogP contribution in [0.2, 0.25) is 0 Å². The lowest BCUT2D eigenvalue weighted by Crippen LogP contribution is -2.44. The molecule has 2 aliphatic rings. The van der Waals surface area contributed by atoms with E-state index in [4.69, 9.17) is 4.52 Å². The Bertz CT molecular complexity index is 790. The van der Waals surface area contributed by atoms with Crippen molar-refractivity contribution in [1.82, 2.24) is 20.4 Å². The predicted octanol–water partition coefficient (Wildman–Crippen LogP) is 1.73. The molecule has 1 aromatic carbocycles. The maximum absolute atomic E-state index is 12.6. The number of anilines is 1. The number of aryl methyl sites for hydroxylation is 1. The third kappa shape index (κ3) is 3.12. The van der Waals surface area contributed by atoms with Crippen molar-refractivity contribution in [3.8, 4) is 0 Å². The van der Waals surface area contributed by atoms with Gasteiger partial charge in [0.1, 0.15) is 0 Å². The van der Waals surface area contributed by atoms with E-state index in [1.807, 2.05) is 23.1 Å². The molecule has 0 aliphatic carbocycles. The molecule has 1 aromatic heterocycles. The molecule has 138 valence electrons. The Balaban J connectivity index is 1.52. The van der Waals surface area contributed by atoms with E-state index < -0.39 is 0 Å². The summed E-state index contributed by atoms with van der Waals surface area (Å²) in [5, 5.41) is 7.56. The number of carbonyl (C=O) groups excluding carboxylic acids is 1. The van der Waals surface area contributed by atoms with Crippen molar-refractivity contribution in [3.63, 3.8) is 0 Å². The van der Waals surface area contributed by atoms with Gasteiger partial charge in [-0.05, 0) is 25.1 Å². The zero-order chi connectivity index (χ0) is 18.1. The smallest absolute Gasteiger partial charge is 0.232 e. The van der Waals surface area contributed by atoms with Crippen LogP contribution in [0.5, 0.6) is 0 Å². The van der Waals surface area contributed by atoms with Crippen LogP contribution in [0.4, 0.5) is 5.69 Å². The number of rotatable bonds is 4. The molecule has 2 aliphatic heterocycles. The van der Waals surface area contributed by atoms with Crippen LogP contribution in [0.3, 0.4) is 0 Å². The second-order valence-electron chi connectivity index (χ2n) is 7.08. The number of para-hydroxylation sites is 1. The summed E-state index contributed by atoms with van der Waals surface area (Å²) in [6.45, 7) is 5.44. The highest BCUT2D eigenvalue weighted by Gasteiger charge is 2.36. The lowest BCUT2D eigenvalue weighted by molar-refractivity contribution is -0.117. The Morgan fingerprint density at radius 1 is 1.35 bits per heavy atom. The Morgan fingerprint density at radius 3 is 3.00 bits per heavy atom. The van der Waals surface area contributed by atoms with Crippen LogP contribution in [0, 0.1) is 0 Å². The molecule has 1 amide bonds. The lowest BCUT2D eigenvalue weighted by atomic mass is 10.1. The van der Waals surface area contributed by atoms with Crippen LogP contribution in [-0.2, 0) is 11.2 Å². The fourth-order valence-corrected chi connectivity index (χ4v) is 3.82. The van der Waals surface area contributed by atoms with E-state index in [1.165, 1.54) is 5.56 Å². The standard InChI is InChI=1S/C19H25N5O2/c1-3-13-6-4-5-7-15(13)24-12-14(10-17(24)25)19-21-18(22-26-19)16-11-20-8-9-23(16)2/h4-7,14,16,20H,3,8-12H2,1-2H3. The van der Waals surface area contributed by atoms with Crippen molar-refractivity contribution in [2.24, 2.45) is 0 Å².